The Kier molecular flexibility index (Phi) is 6.53. The first-order chi connectivity index (χ1) is 15.7. The lowest BCUT2D eigenvalue weighted by atomic mass is 9.89. The summed E-state index contributed by atoms with van der Waals surface area (Å²) in [5.74, 6) is 0.927. The van der Waals surface area contributed by atoms with Gasteiger partial charge in [0.2, 0.25) is 5.91 Å². The van der Waals surface area contributed by atoms with Gasteiger partial charge >= 0.3 is 0 Å². The molecule has 2 fully saturated rings. The molecule has 3 aliphatic rings. The number of hydrogen-bond acceptors (Lipinski definition) is 5. The number of benzene rings is 2. The van der Waals surface area contributed by atoms with Crippen LogP contribution in [0.5, 0.6) is 0 Å². The zero-order chi connectivity index (χ0) is 21.9. The van der Waals surface area contributed by atoms with Crippen molar-refractivity contribution in [3.05, 3.63) is 58.6 Å². The van der Waals surface area contributed by atoms with Gasteiger partial charge in [0, 0.05) is 50.3 Å². The minimum absolute atomic E-state index is 0.101. The van der Waals surface area contributed by atoms with Gasteiger partial charge in [-0.1, -0.05) is 41.9 Å². The molecule has 0 radical (unpaired) electrons. The van der Waals surface area contributed by atoms with Gasteiger partial charge in [0.25, 0.3) is 0 Å². The highest BCUT2D eigenvalue weighted by Crippen LogP contribution is 2.49. The number of nitrogens with one attached hydrogen (secondary N) is 3. The van der Waals surface area contributed by atoms with Crippen LogP contribution in [0, 0.1) is 5.92 Å². The Balaban J connectivity index is 1.43. The normalized spacial score (nSPS) is 24.0. The van der Waals surface area contributed by atoms with Gasteiger partial charge in [-0.2, -0.15) is 0 Å². The molecule has 3 heterocycles. The molecule has 170 valence electrons. The Morgan fingerprint density at radius 2 is 1.97 bits per heavy atom. The molecular weight excluding hydrogens is 424 g/mol. The van der Waals surface area contributed by atoms with Crippen molar-refractivity contribution in [1.82, 2.24) is 10.2 Å². The minimum Gasteiger partial charge on any atom is -0.383 e. The summed E-state index contributed by atoms with van der Waals surface area (Å²) in [5, 5.41) is 11.2. The van der Waals surface area contributed by atoms with Crippen molar-refractivity contribution in [2.24, 2.45) is 5.92 Å². The quantitative estimate of drug-likeness (QED) is 0.618. The zero-order valence-electron chi connectivity index (χ0n) is 18.3. The summed E-state index contributed by atoms with van der Waals surface area (Å²) in [4.78, 5) is 14.2. The van der Waals surface area contributed by atoms with Gasteiger partial charge in [0.15, 0.2) is 0 Å². The van der Waals surface area contributed by atoms with Crippen molar-refractivity contribution in [1.29, 1.82) is 0 Å². The fraction of sp³-hybridized carbons (Fsp3) is 0.480. The number of anilines is 2. The number of carbonyl (C=O) groups excluding carboxylic acids is 1. The number of amides is 1. The molecular formula is C25H31ClN4O2. The number of hydrogen-bond donors (Lipinski definition) is 3. The van der Waals surface area contributed by atoms with Gasteiger partial charge in [-0.25, -0.2) is 0 Å². The fourth-order valence-corrected chi connectivity index (χ4v) is 5.39. The lowest BCUT2D eigenvalue weighted by Gasteiger charge is -2.31. The lowest BCUT2D eigenvalue weighted by molar-refractivity contribution is -0.124. The van der Waals surface area contributed by atoms with Crippen LogP contribution < -0.4 is 16.0 Å². The van der Waals surface area contributed by atoms with E-state index in [4.69, 9.17) is 16.3 Å². The summed E-state index contributed by atoms with van der Waals surface area (Å²) in [6.45, 7) is 5.45. The molecule has 6 nitrogen and oxygen atoms in total. The van der Waals surface area contributed by atoms with Crippen molar-refractivity contribution in [3.8, 4) is 0 Å². The van der Waals surface area contributed by atoms with Crippen LogP contribution in [0.1, 0.15) is 35.9 Å². The Labute approximate surface area is 194 Å². The van der Waals surface area contributed by atoms with Crippen molar-refractivity contribution in [3.63, 3.8) is 0 Å². The predicted molar refractivity (Wildman–Crippen MR) is 128 cm³/mol. The van der Waals surface area contributed by atoms with E-state index in [0.717, 1.165) is 62.1 Å². The molecule has 7 heteroatoms. The second-order valence-corrected chi connectivity index (χ2v) is 9.51. The third-order valence-corrected chi connectivity index (χ3v) is 7.11. The lowest BCUT2D eigenvalue weighted by Crippen LogP contribution is -2.49. The highest BCUT2D eigenvalue weighted by molar-refractivity contribution is 6.31. The number of nitrogens with zero attached hydrogens (tertiary/aromatic N) is 1. The van der Waals surface area contributed by atoms with Crippen LogP contribution in [0.2, 0.25) is 5.02 Å². The monoisotopic (exact) mass is 454 g/mol. The molecule has 0 saturated carbocycles. The maximum absolute atomic E-state index is 12.0. The summed E-state index contributed by atoms with van der Waals surface area (Å²) < 4.78 is 5.51. The number of piperazine rings is 1. The second kappa shape index (κ2) is 9.69. The van der Waals surface area contributed by atoms with E-state index >= 15 is 0 Å². The summed E-state index contributed by atoms with van der Waals surface area (Å²) in [5.41, 5.74) is 4.69. The van der Waals surface area contributed by atoms with Crippen LogP contribution in [-0.2, 0) is 9.53 Å². The van der Waals surface area contributed by atoms with Crippen LogP contribution in [0.4, 0.5) is 11.4 Å². The van der Waals surface area contributed by atoms with E-state index in [9.17, 15) is 4.79 Å². The highest BCUT2D eigenvalue weighted by atomic mass is 35.5. The van der Waals surface area contributed by atoms with Gasteiger partial charge in [-0.3, -0.25) is 9.69 Å². The summed E-state index contributed by atoms with van der Waals surface area (Å²) >= 11 is 6.61. The first-order valence-electron chi connectivity index (χ1n) is 11.6. The SMILES string of the molecule is O=C1CN(CC2c3cc(Cl)cc(NCC4CCOCC4)c3NC2c2ccccc2)CCN1. The molecule has 2 aromatic carbocycles. The molecule has 2 unspecified atom stereocenters. The Bertz CT molecular complexity index is 948. The molecule has 3 aliphatic heterocycles. The Morgan fingerprint density at radius 3 is 2.75 bits per heavy atom. The van der Waals surface area contributed by atoms with E-state index in [1.807, 2.05) is 12.1 Å². The first kappa shape index (κ1) is 21.6. The summed E-state index contributed by atoms with van der Waals surface area (Å²) in [6.07, 6.45) is 2.19. The molecule has 1 amide bonds. The van der Waals surface area contributed by atoms with Crippen LogP contribution in [0.25, 0.3) is 0 Å². The number of fused-ring (bicyclic) bond motifs is 1. The summed E-state index contributed by atoms with van der Waals surface area (Å²) in [7, 11) is 0. The van der Waals surface area contributed by atoms with Gasteiger partial charge in [-0.15, -0.1) is 0 Å². The molecule has 3 N–H and O–H groups in total. The first-order valence-corrected chi connectivity index (χ1v) is 12.0. The number of rotatable bonds is 6. The van der Waals surface area contributed by atoms with Gasteiger partial charge in [-0.05, 0) is 42.0 Å². The maximum Gasteiger partial charge on any atom is 0.234 e. The van der Waals surface area contributed by atoms with E-state index in [1.165, 1.54) is 11.1 Å². The van der Waals surface area contributed by atoms with Gasteiger partial charge in [0.05, 0.1) is 24.0 Å². The molecule has 0 bridgehead atoms. The minimum atomic E-state index is 0.101. The average Bonchev–Trinajstić information content (AvgIpc) is 3.17. The van der Waals surface area contributed by atoms with Crippen LogP contribution in [-0.4, -0.2) is 56.7 Å². The van der Waals surface area contributed by atoms with Gasteiger partial charge < -0.3 is 20.7 Å². The van der Waals surface area contributed by atoms with Crippen molar-refractivity contribution < 1.29 is 9.53 Å². The van der Waals surface area contributed by atoms with E-state index in [0.29, 0.717) is 19.0 Å². The number of carbonyl (C=O) groups is 1. The number of ether oxygens (including phenoxy) is 1. The van der Waals surface area contributed by atoms with Gasteiger partial charge in [0.1, 0.15) is 0 Å². The van der Waals surface area contributed by atoms with Crippen LogP contribution in [0.15, 0.2) is 42.5 Å². The highest BCUT2D eigenvalue weighted by Gasteiger charge is 2.37. The molecule has 2 aromatic rings. The summed E-state index contributed by atoms with van der Waals surface area (Å²) in [6, 6.07) is 14.8. The molecule has 2 atom stereocenters. The smallest absolute Gasteiger partial charge is 0.234 e. The van der Waals surface area contributed by atoms with E-state index in [-0.39, 0.29) is 17.9 Å². The Morgan fingerprint density at radius 1 is 1.16 bits per heavy atom. The average molecular weight is 455 g/mol. The van der Waals surface area contributed by atoms with Crippen LogP contribution in [0.3, 0.4) is 0 Å². The van der Waals surface area contributed by atoms with E-state index < -0.39 is 0 Å². The molecule has 0 aliphatic carbocycles. The van der Waals surface area contributed by atoms with Crippen LogP contribution >= 0.6 is 11.6 Å². The number of halogens is 1. The van der Waals surface area contributed by atoms with E-state index in [1.54, 1.807) is 0 Å². The fourth-order valence-electron chi connectivity index (χ4n) is 5.17. The third kappa shape index (κ3) is 4.72. The largest absolute Gasteiger partial charge is 0.383 e. The predicted octanol–water partition coefficient (Wildman–Crippen LogP) is 3.86. The molecule has 0 aromatic heterocycles. The molecule has 32 heavy (non-hydrogen) atoms. The van der Waals surface area contributed by atoms with Crippen molar-refractivity contribution in [2.75, 3.05) is 56.6 Å². The molecule has 2 saturated heterocycles. The second-order valence-electron chi connectivity index (χ2n) is 9.08. The topological polar surface area (TPSA) is 65.6 Å². The van der Waals surface area contributed by atoms with Crippen molar-refractivity contribution >= 4 is 28.9 Å². The zero-order valence-corrected chi connectivity index (χ0v) is 19.0. The molecule has 5 rings (SSSR count). The Hall–Kier alpha value is -2.28. The van der Waals surface area contributed by atoms with Crippen molar-refractivity contribution in [2.45, 2.75) is 24.8 Å². The van der Waals surface area contributed by atoms with E-state index in [2.05, 4.69) is 51.2 Å². The maximum atomic E-state index is 12.0. The standard InChI is InChI=1S/C25H31ClN4O2/c26-19-12-20-21(15-30-9-8-27-23(31)16-30)24(18-4-2-1-3-5-18)29-25(20)22(13-19)28-14-17-6-10-32-11-7-17/h1-5,12-13,17,21,24,28-29H,6-11,14-16H2,(H,27,31). The molecule has 0 spiro atoms. The third-order valence-electron chi connectivity index (χ3n) is 6.89.